The third-order valence-corrected chi connectivity index (χ3v) is 4.85. The Bertz CT molecular complexity index is 884. The number of carbonyl (C=O) groups excluding carboxylic acids is 3. The van der Waals surface area contributed by atoms with Crippen molar-refractivity contribution in [1.82, 2.24) is 9.47 Å². The summed E-state index contributed by atoms with van der Waals surface area (Å²) in [7, 11) is 3.15. The average molecular weight is 344 g/mol. The zero-order valence-corrected chi connectivity index (χ0v) is 14.3. The molecule has 1 aliphatic rings. The summed E-state index contributed by atoms with van der Waals surface area (Å²) in [5.41, 5.74) is 1.88. The zero-order valence-electron chi connectivity index (χ0n) is 13.5. The van der Waals surface area contributed by atoms with Gasteiger partial charge in [0.05, 0.1) is 12.0 Å². The Balaban J connectivity index is 1.98. The van der Waals surface area contributed by atoms with Gasteiger partial charge in [0.15, 0.2) is 0 Å². The molecule has 2 aromatic rings. The van der Waals surface area contributed by atoms with E-state index in [0.29, 0.717) is 4.91 Å². The van der Waals surface area contributed by atoms with Gasteiger partial charge in [-0.05, 0) is 30.8 Å². The van der Waals surface area contributed by atoms with Crippen molar-refractivity contribution in [2.75, 3.05) is 7.11 Å². The van der Waals surface area contributed by atoms with E-state index in [1.807, 2.05) is 42.1 Å². The minimum absolute atomic E-state index is 0.298. The molecule has 0 spiro atoms. The molecule has 3 rings (SSSR count). The SMILES string of the molecule is COC(=O)[C@H](C)N1C(=O)S/C(=C\c2cn(C)c3ccccc23)C1=O. The van der Waals surface area contributed by atoms with Gasteiger partial charge in [-0.3, -0.25) is 14.5 Å². The van der Waals surface area contributed by atoms with Gasteiger partial charge >= 0.3 is 5.97 Å². The number of hydrogen-bond acceptors (Lipinski definition) is 5. The largest absolute Gasteiger partial charge is 0.467 e. The lowest BCUT2D eigenvalue weighted by Crippen LogP contribution is -2.42. The van der Waals surface area contributed by atoms with Gasteiger partial charge in [-0.15, -0.1) is 0 Å². The maximum Gasteiger partial charge on any atom is 0.328 e. The third kappa shape index (κ3) is 2.60. The number of esters is 1. The molecule has 6 nitrogen and oxygen atoms in total. The van der Waals surface area contributed by atoms with E-state index in [4.69, 9.17) is 0 Å². The van der Waals surface area contributed by atoms with Gasteiger partial charge in [0, 0.05) is 29.7 Å². The first-order valence-electron chi connectivity index (χ1n) is 7.33. The molecule has 1 aromatic heterocycles. The Morgan fingerprint density at radius 1 is 1.29 bits per heavy atom. The zero-order chi connectivity index (χ0) is 17.4. The molecule has 24 heavy (non-hydrogen) atoms. The summed E-state index contributed by atoms with van der Waals surface area (Å²) in [5.74, 6) is -1.10. The van der Waals surface area contributed by atoms with Gasteiger partial charge in [0.25, 0.3) is 11.1 Å². The molecule has 0 bridgehead atoms. The highest BCUT2D eigenvalue weighted by Gasteiger charge is 2.41. The van der Waals surface area contributed by atoms with E-state index in [2.05, 4.69) is 4.74 Å². The van der Waals surface area contributed by atoms with Gasteiger partial charge in [-0.25, -0.2) is 4.79 Å². The molecule has 1 atom stereocenters. The quantitative estimate of drug-likeness (QED) is 0.633. The van der Waals surface area contributed by atoms with Crippen LogP contribution in [0.3, 0.4) is 0 Å². The van der Waals surface area contributed by atoms with Crippen LogP contribution < -0.4 is 0 Å². The molecule has 0 N–H and O–H groups in total. The Morgan fingerprint density at radius 2 is 2.00 bits per heavy atom. The minimum Gasteiger partial charge on any atom is -0.467 e. The van der Waals surface area contributed by atoms with Gasteiger partial charge in [-0.2, -0.15) is 0 Å². The Kier molecular flexibility index (Phi) is 4.19. The van der Waals surface area contributed by atoms with E-state index in [1.54, 1.807) is 6.08 Å². The van der Waals surface area contributed by atoms with Crippen molar-refractivity contribution in [3.8, 4) is 0 Å². The molecule has 124 valence electrons. The number of carbonyl (C=O) groups is 3. The molecule has 1 saturated heterocycles. The lowest BCUT2D eigenvalue weighted by atomic mass is 10.1. The first kappa shape index (κ1) is 16.3. The third-order valence-electron chi connectivity index (χ3n) is 3.97. The Labute approximate surface area is 143 Å². The number of hydrogen-bond donors (Lipinski definition) is 0. The molecule has 2 amide bonds. The second kappa shape index (κ2) is 6.16. The number of benzene rings is 1. The normalized spacial score (nSPS) is 17.8. The van der Waals surface area contributed by atoms with Crippen LogP contribution in [0.15, 0.2) is 35.4 Å². The van der Waals surface area contributed by atoms with Crippen molar-refractivity contribution in [2.24, 2.45) is 7.05 Å². The fourth-order valence-corrected chi connectivity index (χ4v) is 3.62. The maximum atomic E-state index is 12.5. The smallest absolute Gasteiger partial charge is 0.328 e. The number of fused-ring (bicyclic) bond motifs is 1. The highest BCUT2D eigenvalue weighted by molar-refractivity contribution is 8.18. The highest BCUT2D eigenvalue weighted by Crippen LogP contribution is 2.35. The number of methoxy groups -OCH3 is 1. The summed E-state index contributed by atoms with van der Waals surface area (Å²) in [5, 5.41) is 0.525. The number of aryl methyl sites for hydroxylation is 1. The van der Waals surface area contributed by atoms with Crippen LogP contribution in [0.25, 0.3) is 17.0 Å². The van der Waals surface area contributed by atoms with Crippen molar-refractivity contribution in [1.29, 1.82) is 0 Å². The van der Waals surface area contributed by atoms with Gasteiger partial charge in [0.1, 0.15) is 6.04 Å². The molecule has 0 unspecified atom stereocenters. The van der Waals surface area contributed by atoms with Crippen molar-refractivity contribution < 1.29 is 19.1 Å². The fraction of sp³-hybridized carbons (Fsp3) is 0.235. The number of amides is 2. The van der Waals surface area contributed by atoms with Crippen LogP contribution in [0.4, 0.5) is 4.79 Å². The first-order chi connectivity index (χ1) is 11.4. The van der Waals surface area contributed by atoms with Crippen LogP contribution in [-0.4, -0.2) is 39.7 Å². The molecule has 1 aliphatic heterocycles. The molecule has 1 aromatic carbocycles. The van der Waals surface area contributed by atoms with Crippen LogP contribution in [0, 0.1) is 0 Å². The molecular formula is C17H16N2O4S. The average Bonchev–Trinajstić information content (AvgIpc) is 3.04. The summed E-state index contributed by atoms with van der Waals surface area (Å²) in [6.07, 6.45) is 3.60. The predicted octanol–water partition coefficient (Wildman–Crippen LogP) is 2.78. The second-order valence-corrected chi connectivity index (χ2v) is 6.46. The predicted molar refractivity (Wildman–Crippen MR) is 92.2 cm³/mol. The number of aromatic nitrogens is 1. The minimum atomic E-state index is -0.944. The standard InChI is InChI=1S/C17H16N2O4S/c1-10(16(21)23-3)19-15(20)14(24-17(19)22)8-11-9-18(2)13-7-5-4-6-12(11)13/h4-10H,1-3H3/b14-8-/t10-/m0/s1. The number of imide groups is 1. The van der Waals surface area contributed by atoms with Crippen LogP contribution in [-0.2, 0) is 21.4 Å². The molecule has 2 heterocycles. The van der Waals surface area contributed by atoms with Crippen LogP contribution in [0.5, 0.6) is 0 Å². The van der Waals surface area contributed by atoms with E-state index in [0.717, 1.165) is 33.1 Å². The molecule has 0 aliphatic carbocycles. The molecule has 0 radical (unpaired) electrons. The number of rotatable bonds is 3. The van der Waals surface area contributed by atoms with E-state index in [9.17, 15) is 14.4 Å². The monoisotopic (exact) mass is 344 g/mol. The molecular weight excluding hydrogens is 328 g/mol. The molecule has 7 heteroatoms. The van der Waals surface area contributed by atoms with E-state index in [-0.39, 0.29) is 0 Å². The fourth-order valence-electron chi connectivity index (χ4n) is 2.72. The summed E-state index contributed by atoms with van der Waals surface area (Å²) in [4.78, 5) is 37.5. The van der Waals surface area contributed by atoms with E-state index >= 15 is 0 Å². The van der Waals surface area contributed by atoms with E-state index in [1.165, 1.54) is 14.0 Å². The van der Waals surface area contributed by atoms with Crippen molar-refractivity contribution in [3.63, 3.8) is 0 Å². The lowest BCUT2D eigenvalue weighted by Gasteiger charge is -2.18. The number of ether oxygens (including phenoxy) is 1. The first-order valence-corrected chi connectivity index (χ1v) is 8.14. The summed E-state index contributed by atoms with van der Waals surface area (Å²) in [6, 6.07) is 6.86. The maximum absolute atomic E-state index is 12.5. The summed E-state index contributed by atoms with van der Waals surface area (Å²) >= 11 is 0.832. The van der Waals surface area contributed by atoms with Crippen molar-refractivity contribution in [3.05, 3.63) is 40.9 Å². The number of thioether (sulfide) groups is 1. The van der Waals surface area contributed by atoms with Gasteiger partial charge in [0.2, 0.25) is 0 Å². The summed E-state index contributed by atoms with van der Waals surface area (Å²) in [6.45, 7) is 1.48. The van der Waals surface area contributed by atoms with Gasteiger partial charge in [-0.1, -0.05) is 18.2 Å². The summed E-state index contributed by atoms with van der Waals surface area (Å²) < 4.78 is 6.58. The molecule has 0 saturated carbocycles. The molecule has 1 fully saturated rings. The lowest BCUT2D eigenvalue weighted by molar-refractivity contribution is -0.148. The Hall–Kier alpha value is -2.54. The number of nitrogens with zero attached hydrogens (tertiary/aromatic N) is 2. The van der Waals surface area contributed by atoms with Crippen LogP contribution in [0.1, 0.15) is 12.5 Å². The Morgan fingerprint density at radius 3 is 2.71 bits per heavy atom. The van der Waals surface area contributed by atoms with Crippen LogP contribution in [0.2, 0.25) is 0 Å². The van der Waals surface area contributed by atoms with E-state index < -0.39 is 23.2 Å². The van der Waals surface area contributed by atoms with Gasteiger partial charge < -0.3 is 9.30 Å². The number of para-hydroxylation sites is 1. The topological polar surface area (TPSA) is 68.6 Å². The van der Waals surface area contributed by atoms with Crippen molar-refractivity contribution in [2.45, 2.75) is 13.0 Å². The second-order valence-electron chi connectivity index (χ2n) is 5.46. The van der Waals surface area contributed by atoms with Crippen molar-refractivity contribution >= 4 is 45.9 Å². The van der Waals surface area contributed by atoms with Crippen LogP contribution >= 0.6 is 11.8 Å². The highest BCUT2D eigenvalue weighted by atomic mass is 32.2.